The molecule has 0 unspecified atom stereocenters. The Morgan fingerprint density at radius 2 is 1.97 bits per heavy atom. The smallest absolute Gasteiger partial charge is 0.323 e. The molecular formula is C22H18BrFN4O2. The number of fused-ring (bicyclic) bond motifs is 1. The highest BCUT2D eigenvalue weighted by Crippen LogP contribution is 2.29. The predicted octanol–water partition coefficient (Wildman–Crippen LogP) is 5.64. The Morgan fingerprint density at radius 1 is 1.13 bits per heavy atom. The van der Waals surface area contributed by atoms with E-state index in [0.29, 0.717) is 23.7 Å². The van der Waals surface area contributed by atoms with E-state index >= 15 is 0 Å². The molecule has 0 bridgehead atoms. The number of anilines is 2. The lowest BCUT2D eigenvalue weighted by atomic mass is 10.2. The van der Waals surface area contributed by atoms with Crippen molar-refractivity contribution in [1.82, 2.24) is 9.55 Å². The van der Waals surface area contributed by atoms with Crippen LogP contribution in [0.2, 0.25) is 0 Å². The zero-order valence-electron chi connectivity index (χ0n) is 16.0. The van der Waals surface area contributed by atoms with Gasteiger partial charge in [-0.3, -0.25) is 0 Å². The fourth-order valence-electron chi connectivity index (χ4n) is 3.26. The predicted molar refractivity (Wildman–Crippen MR) is 119 cm³/mol. The van der Waals surface area contributed by atoms with E-state index in [4.69, 9.17) is 4.74 Å². The minimum atomic E-state index is -0.508. The molecule has 2 aromatic heterocycles. The number of halogens is 2. The monoisotopic (exact) mass is 468 g/mol. The van der Waals surface area contributed by atoms with Gasteiger partial charge in [0.1, 0.15) is 5.75 Å². The fraction of sp³-hybridized carbons (Fsp3) is 0.0909. The minimum absolute atomic E-state index is 0.386. The van der Waals surface area contributed by atoms with Crippen molar-refractivity contribution < 1.29 is 13.9 Å². The van der Waals surface area contributed by atoms with E-state index in [-0.39, 0.29) is 6.03 Å². The lowest BCUT2D eigenvalue weighted by Crippen LogP contribution is -2.20. The molecule has 0 aliphatic heterocycles. The third-order valence-corrected chi connectivity index (χ3v) is 5.11. The van der Waals surface area contributed by atoms with Gasteiger partial charge >= 0.3 is 6.03 Å². The molecule has 152 valence electrons. The Kier molecular flexibility index (Phi) is 5.67. The highest BCUT2D eigenvalue weighted by atomic mass is 79.9. The summed E-state index contributed by atoms with van der Waals surface area (Å²) in [5, 5.41) is 6.57. The molecule has 0 saturated heterocycles. The maximum Gasteiger partial charge on any atom is 0.323 e. The first-order valence-electron chi connectivity index (χ1n) is 9.13. The summed E-state index contributed by atoms with van der Waals surface area (Å²) < 4.78 is 21.5. The Balaban J connectivity index is 1.56. The van der Waals surface area contributed by atoms with Gasteiger partial charge in [0.05, 0.1) is 24.0 Å². The number of methoxy groups -OCH3 is 1. The number of nitrogens with one attached hydrogen (secondary N) is 2. The number of hydrogen-bond acceptors (Lipinski definition) is 3. The van der Waals surface area contributed by atoms with Crippen molar-refractivity contribution >= 4 is 44.2 Å². The maximum atomic E-state index is 13.4. The van der Waals surface area contributed by atoms with Crippen LogP contribution >= 0.6 is 15.9 Å². The quantitative estimate of drug-likeness (QED) is 0.372. The van der Waals surface area contributed by atoms with Gasteiger partial charge in [0.25, 0.3) is 0 Å². The van der Waals surface area contributed by atoms with Crippen LogP contribution in [0.25, 0.3) is 10.9 Å². The summed E-state index contributed by atoms with van der Waals surface area (Å²) in [6, 6.07) is 15.7. The molecule has 2 aromatic carbocycles. The normalized spacial score (nSPS) is 10.8. The molecule has 2 N–H and O–H groups in total. The first-order chi connectivity index (χ1) is 14.5. The number of hydrogen-bond donors (Lipinski definition) is 2. The van der Waals surface area contributed by atoms with E-state index in [0.717, 1.165) is 20.9 Å². The summed E-state index contributed by atoms with van der Waals surface area (Å²) in [6.45, 7) is 0.494. The van der Waals surface area contributed by atoms with Crippen molar-refractivity contribution in [2.75, 3.05) is 17.7 Å². The number of carbonyl (C=O) groups is 1. The van der Waals surface area contributed by atoms with E-state index in [1.54, 1.807) is 25.3 Å². The van der Waals surface area contributed by atoms with Crippen LogP contribution in [0.4, 0.5) is 20.6 Å². The molecule has 0 atom stereocenters. The summed E-state index contributed by atoms with van der Waals surface area (Å²) in [5.74, 6) is 0.0493. The first-order valence-corrected chi connectivity index (χ1v) is 9.92. The van der Waals surface area contributed by atoms with Crippen molar-refractivity contribution in [3.63, 3.8) is 0 Å². The van der Waals surface area contributed by atoms with Gasteiger partial charge in [0, 0.05) is 28.8 Å². The molecule has 0 spiro atoms. The third-order valence-electron chi connectivity index (χ3n) is 4.62. The average Bonchev–Trinajstić information content (AvgIpc) is 3.12. The molecule has 2 amide bonds. The SMILES string of the molecule is COc1ccc(Br)cc1NC(=O)Nc1cccc2c1ccn2Cc1ccnc(F)c1. The summed E-state index contributed by atoms with van der Waals surface area (Å²) in [5.41, 5.74) is 2.94. The second-order valence-electron chi connectivity index (χ2n) is 6.59. The Labute approximate surface area is 180 Å². The molecule has 0 radical (unpaired) electrons. The number of nitrogens with zero attached hydrogens (tertiary/aromatic N) is 2. The lowest BCUT2D eigenvalue weighted by Gasteiger charge is -2.12. The zero-order valence-corrected chi connectivity index (χ0v) is 17.6. The minimum Gasteiger partial charge on any atom is -0.495 e. The number of amides is 2. The highest BCUT2D eigenvalue weighted by molar-refractivity contribution is 9.10. The summed E-state index contributed by atoms with van der Waals surface area (Å²) in [4.78, 5) is 16.2. The molecule has 0 saturated carbocycles. The summed E-state index contributed by atoms with van der Waals surface area (Å²) in [7, 11) is 1.55. The number of aromatic nitrogens is 2. The summed E-state index contributed by atoms with van der Waals surface area (Å²) in [6.07, 6.45) is 3.35. The van der Waals surface area contributed by atoms with Gasteiger partial charge in [-0.15, -0.1) is 0 Å². The average molecular weight is 469 g/mol. The molecular weight excluding hydrogens is 451 g/mol. The van der Waals surface area contributed by atoms with Crippen LogP contribution < -0.4 is 15.4 Å². The lowest BCUT2D eigenvalue weighted by molar-refractivity contribution is 0.262. The fourth-order valence-corrected chi connectivity index (χ4v) is 3.62. The van der Waals surface area contributed by atoms with Gasteiger partial charge in [-0.05, 0) is 54.1 Å². The van der Waals surface area contributed by atoms with Crippen LogP contribution in [0.5, 0.6) is 5.75 Å². The van der Waals surface area contributed by atoms with Crippen molar-refractivity contribution in [3.05, 3.63) is 83.0 Å². The van der Waals surface area contributed by atoms with Gasteiger partial charge in [0.2, 0.25) is 5.95 Å². The molecule has 0 fully saturated rings. The van der Waals surface area contributed by atoms with Crippen molar-refractivity contribution in [2.45, 2.75) is 6.54 Å². The van der Waals surface area contributed by atoms with E-state index in [2.05, 4.69) is 31.5 Å². The number of carbonyl (C=O) groups excluding carboxylic acids is 1. The number of rotatable bonds is 5. The van der Waals surface area contributed by atoms with Crippen molar-refractivity contribution in [3.8, 4) is 5.75 Å². The van der Waals surface area contributed by atoms with E-state index in [1.807, 2.05) is 41.1 Å². The Bertz CT molecular complexity index is 1220. The van der Waals surface area contributed by atoms with Crippen LogP contribution in [0.15, 0.2) is 71.5 Å². The molecule has 4 aromatic rings. The van der Waals surface area contributed by atoms with Gasteiger partial charge in [-0.2, -0.15) is 4.39 Å². The van der Waals surface area contributed by atoms with Gasteiger partial charge in [0.15, 0.2) is 0 Å². The number of benzene rings is 2. The second-order valence-corrected chi connectivity index (χ2v) is 7.51. The number of urea groups is 1. The van der Waals surface area contributed by atoms with Crippen molar-refractivity contribution in [2.24, 2.45) is 0 Å². The summed E-state index contributed by atoms with van der Waals surface area (Å²) >= 11 is 3.39. The Morgan fingerprint density at radius 3 is 2.77 bits per heavy atom. The van der Waals surface area contributed by atoms with Gasteiger partial charge in [-0.25, -0.2) is 9.78 Å². The topological polar surface area (TPSA) is 68.2 Å². The van der Waals surface area contributed by atoms with E-state index in [9.17, 15) is 9.18 Å². The largest absolute Gasteiger partial charge is 0.495 e. The molecule has 30 heavy (non-hydrogen) atoms. The zero-order chi connectivity index (χ0) is 21.1. The van der Waals surface area contributed by atoms with E-state index in [1.165, 1.54) is 12.3 Å². The second kappa shape index (κ2) is 8.54. The molecule has 4 rings (SSSR count). The van der Waals surface area contributed by atoms with Gasteiger partial charge in [-0.1, -0.05) is 22.0 Å². The highest BCUT2D eigenvalue weighted by Gasteiger charge is 2.12. The van der Waals surface area contributed by atoms with Gasteiger partial charge < -0.3 is 19.9 Å². The van der Waals surface area contributed by atoms with Crippen LogP contribution in [-0.4, -0.2) is 22.7 Å². The maximum absolute atomic E-state index is 13.4. The van der Waals surface area contributed by atoms with Crippen LogP contribution in [-0.2, 0) is 6.54 Å². The van der Waals surface area contributed by atoms with Crippen LogP contribution in [0, 0.1) is 5.95 Å². The van der Waals surface area contributed by atoms with Crippen molar-refractivity contribution in [1.29, 1.82) is 0 Å². The van der Waals surface area contributed by atoms with E-state index < -0.39 is 5.95 Å². The first kappa shape index (κ1) is 19.9. The van der Waals surface area contributed by atoms with Crippen LogP contribution in [0.1, 0.15) is 5.56 Å². The Hall–Kier alpha value is -3.39. The molecule has 0 aliphatic carbocycles. The molecule has 2 heterocycles. The molecule has 8 heteroatoms. The standard InChI is InChI=1S/C22H18BrFN4O2/c1-30-20-6-5-15(23)12-18(20)27-22(29)26-17-3-2-4-19-16(17)8-10-28(19)13-14-7-9-25-21(24)11-14/h2-12H,13H2,1H3,(H2,26,27,29). The number of pyridine rings is 1. The van der Waals surface area contributed by atoms with Crippen LogP contribution in [0.3, 0.4) is 0 Å². The molecule has 6 nitrogen and oxygen atoms in total. The third kappa shape index (κ3) is 4.28. The number of ether oxygens (including phenoxy) is 1. The molecule has 0 aliphatic rings.